The van der Waals surface area contributed by atoms with Gasteiger partial charge in [-0.25, -0.2) is 4.98 Å². The molecule has 0 bridgehead atoms. The number of piperazine rings is 1. The number of pyridine rings is 2. The highest BCUT2D eigenvalue weighted by Crippen LogP contribution is 2.30. The number of carbonyl (C=O) groups excluding carboxylic acids is 1. The van der Waals surface area contributed by atoms with E-state index < -0.39 is 0 Å². The molecule has 0 atom stereocenters. The molecule has 3 heterocycles. The summed E-state index contributed by atoms with van der Waals surface area (Å²) in [7, 11) is 0. The van der Waals surface area contributed by atoms with Crippen LogP contribution in [-0.4, -0.2) is 53.5 Å². The number of benzene rings is 2. The molecule has 0 radical (unpaired) electrons. The second-order valence-electron chi connectivity index (χ2n) is 8.08. The molecule has 5 rings (SSSR count). The Kier molecular flexibility index (Phi) is 5.56. The standard InChI is InChI=1S/C25H25N5O2/c31-22(27-16-18-6-2-1-3-7-18)17-29-12-14-30(15-13-29)21-10-11-26-24-23(21)19-8-4-5-9-20(19)25(32)28-24/h1-11H,12-17H2,(H,27,31)(H,26,28,32). The number of amides is 1. The minimum atomic E-state index is -0.121. The number of carbonyl (C=O) groups is 1. The smallest absolute Gasteiger partial charge is 0.257 e. The van der Waals surface area contributed by atoms with Crippen molar-refractivity contribution in [2.24, 2.45) is 0 Å². The Morgan fingerprint density at radius 3 is 2.44 bits per heavy atom. The number of hydrogen-bond acceptors (Lipinski definition) is 5. The summed E-state index contributed by atoms with van der Waals surface area (Å²) in [6, 6.07) is 19.6. The molecule has 0 aliphatic carbocycles. The van der Waals surface area contributed by atoms with Gasteiger partial charge < -0.3 is 15.2 Å². The number of aromatic amines is 1. The number of fused-ring (bicyclic) bond motifs is 3. The van der Waals surface area contributed by atoms with E-state index >= 15 is 0 Å². The van der Waals surface area contributed by atoms with E-state index in [0.717, 1.165) is 48.2 Å². The van der Waals surface area contributed by atoms with Gasteiger partial charge in [0.1, 0.15) is 5.65 Å². The van der Waals surface area contributed by atoms with Crippen molar-refractivity contribution in [3.05, 3.63) is 82.8 Å². The molecule has 162 valence electrons. The van der Waals surface area contributed by atoms with Crippen LogP contribution in [0, 0.1) is 0 Å². The lowest BCUT2D eigenvalue weighted by molar-refractivity contribution is -0.122. The van der Waals surface area contributed by atoms with Crippen LogP contribution in [0.1, 0.15) is 5.56 Å². The number of rotatable bonds is 5. The molecule has 1 amide bonds. The molecule has 1 aliphatic heterocycles. The zero-order chi connectivity index (χ0) is 21.9. The first kappa shape index (κ1) is 20.2. The molecule has 2 aromatic heterocycles. The molecule has 32 heavy (non-hydrogen) atoms. The molecule has 1 fully saturated rings. The SMILES string of the molecule is O=C(CN1CCN(c2ccnc3[nH]c(=O)c4ccccc4c23)CC1)NCc1ccccc1. The molecule has 2 aromatic carbocycles. The normalized spacial score (nSPS) is 14.7. The third-order valence-electron chi connectivity index (χ3n) is 6.01. The molecule has 7 nitrogen and oxygen atoms in total. The summed E-state index contributed by atoms with van der Waals surface area (Å²) < 4.78 is 0. The minimum absolute atomic E-state index is 0.0419. The van der Waals surface area contributed by atoms with Crippen molar-refractivity contribution in [2.45, 2.75) is 6.54 Å². The first-order valence-corrected chi connectivity index (χ1v) is 10.9. The molecule has 0 unspecified atom stereocenters. The summed E-state index contributed by atoms with van der Waals surface area (Å²) in [4.78, 5) is 36.6. The summed E-state index contributed by atoms with van der Waals surface area (Å²) in [5.74, 6) is 0.0419. The fraction of sp³-hybridized carbons (Fsp3) is 0.240. The number of H-pyrrole nitrogens is 1. The molecule has 0 saturated carbocycles. The van der Waals surface area contributed by atoms with Crippen LogP contribution >= 0.6 is 0 Å². The van der Waals surface area contributed by atoms with Gasteiger partial charge in [-0.3, -0.25) is 14.5 Å². The highest BCUT2D eigenvalue weighted by atomic mass is 16.2. The van der Waals surface area contributed by atoms with Gasteiger partial charge >= 0.3 is 0 Å². The van der Waals surface area contributed by atoms with E-state index in [4.69, 9.17) is 0 Å². The van der Waals surface area contributed by atoms with Crippen molar-refractivity contribution in [3.63, 3.8) is 0 Å². The average molecular weight is 428 g/mol. The van der Waals surface area contributed by atoms with Crippen LogP contribution in [0.2, 0.25) is 0 Å². The number of nitrogens with one attached hydrogen (secondary N) is 2. The van der Waals surface area contributed by atoms with Crippen molar-refractivity contribution < 1.29 is 4.79 Å². The van der Waals surface area contributed by atoms with E-state index in [9.17, 15) is 9.59 Å². The van der Waals surface area contributed by atoms with Crippen LogP contribution < -0.4 is 15.8 Å². The van der Waals surface area contributed by atoms with Crippen LogP contribution in [0.3, 0.4) is 0 Å². The fourth-order valence-electron chi connectivity index (χ4n) is 4.35. The van der Waals surface area contributed by atoms with E-state index in [2.05, 4.69) is 25.1 Å². The van der Waals surface area contributed by atoms with Gasteiger partial charge in [-0.1, -0.05) is 48.5 Å². The van der Waals surface area contributed by atoms with E-state index in [1.54, 1.807) is 6.20 Å². The minimum Gasteiger partial charge on any atom is -0.368 e. The van der Waals surface area contributed by atoms with Gasteiger partial charge in [-0.05, 0) is 17.7 Å². The maximum Gasteiger partial charge on any atom is 0.257 e. The van der Waals surface area contributed by atoms with Crippen molar-refractivity contribution in [3.8, 4) is 0 Å². The number of aromatic nitrogens is 2. The van der Waals surface area contributed by atoms with Crippen LogP contribution in [0.5, 0.6) is 0 Å². The van der Waals surface area contributed by atoms with Crippen molar-refractivity contribution in [1.82, 2.24) is 20.2 Å². The molecule has 1 saturated heterocycles. The largest absolute Gasteiger partial charge is 0.368 e. The highest BCUT2D eigenvalue weighted by Gasteiger charge is 2.21. The van der Waals surface area contributed by atoms with Gasteiger partial charge in [0.15, 0.2) is 0 Å². The van der Waals surface area contributed by atoms with Crippen LogP contribution in [-0.2, 0) is 11.3 Å². The monoisotopic (exact) mass is 427 g/mol. The summed E-state index contributed by atoms with van der Waals surface area (Å²) in [6.07, 6.45) is 1.74. The number of nitrogens with zero attached hydrogens (tertiary/aromatic N) is 3. The Labute approximate surface area is 185 Å². The molecule has 4 aromatic rings. The first-order valence-electron chi connectivity index (χ1n) is 10.9. The second kappa shape index (κ2) is 8.80. The molecule has 1 aliphatic rings. The van der Waals surface area contributed by atoms with E-state index in [-0.39, 0.29) is 11.5 Å². The van der Waals surface area contributed by atoms with Gasteiger partial charge in [0.25, 0.3) is 5.56 Å². The highest BCUT2D eigenvalue weighted by molar-refractivity contribution is 6.10. The first-order chi connectivity index (χ1) is 15.7. The van der Waals surface area contributed by atoms with Gasteiger partial charge in [0.05, 0.1) is 6.54 Å². The van der Waals surface area contributed by atoms with Gasteiger partial charge in [-0.2, -0.15) is 0 Å². The molecular formula is C25H25N5O2. The molecular weight excluding hydrogens is 402 g/mol. The lowest BCUT2D eigenvalue weighted by Crippen LogP contribution is -2.49. The Balaban J connectivity index is 1.28. The quantitative estimate of drug-likeness (QED) is 0.479. The third-order valence-corrected chi connectivity index (χ3v) is 6.01. The number of anilines is 1. The summed E-state index contributed by atoms with van der Waals surface area (Å²) >= 11 is 0. The van der Waals surface area contributed by atoms with Crippen molar-refractivity contribution in [2.75, 3.05) is 37.6 Å². The predicted octanol–water partition coefficient (Wildman–Crippen LogP) is 2.51. The second-order valence-corrected chi connectivity index (χ2v) is 8.08. The zero-order valence-corrected chi connectivity index (χ0v) is 17.8. The van der Waals surface area contributed by atoms with E-state index in [1.165, 1.54) is 0 Å². The Bertz CT molecular complexity index is 1310. The zero-order valence-electron chi connectivity index (χ0n) is 17.8. The Morgan fingerprint density at radius 2 is 1.66 bits per heavy atom. The molecule has 0 spiro atoms. The average Bonchev–Trinajstić information content (AvgIpc) is 2.84. The predicted molar refractivity (Wildman–Crippen MR) is 127 cm³/mol. The summed E-state index contributed by atoms with van der Waals surface area (Å²) in [6.45, 7) is 4.15. The number of hydrogen-bond donors (Lipinski definition) is 2. The van der Waals surface area contributed by atoms with E-state index in [0.29, 0.717) is 24.1 Å². The third kappa shape index (κ3) is 4.07. The molecule has 7 heteroatoms. The van der Waals surface area contributed by atoms with E-state index in [1.807, 2.05) is 60.7 Å². The lowest BCUT2D eigenvalue weighted by atomic mass is 10.1. The van der Waals surface area contributed by atoms with Gasteiger partial charge in [0.2, 0.25) is 5.91 Å². The maximum atomic E-state index is 12.4. The maximum absolute atomic E-state index is 12.4. The van der Waals surface area contributed by atoms with Crippen molar-refractivity contribution >= 4 is 33.4 Å². The van der Waals surface area contributed by atoms with Crippen LogP contribution in [0.25, 0.3) is 21.8 Å². The fourth-order valence-corrected chi connectivity index (χ4v) is 4.35. The van der Waals surface area contributed by atoms with Crippen LogP contribution in [0.4, 0.5) is 5.69 Å². The topological polar surface area (TPSA) is 81.3 Å². The van der Waals surface area contributed by atoms with Crippen LogP contribution in [0.15, 0.2) is 71.7 Å². The summed E-state index contributed by atoms with van der Waals surface area (Å²) in [5.41, 5.74) is 2.65. The molecule has 2 N–H and O–H groups in total. The lowest BCUT2D eigenvalue weighted by Gasteiger charge is -2.36. The van der Waals surface area contributed by atoms with Gasteiger partial charge in [0, 0.05) is 60.8 Å². The Hall–Kier alpha value is -3.71. The van der Waals surface area contributed by atoms with Crippen molar-refractivity contribution in [1.29, 1.82) is 0 Å². The Morgan fingerprint density at radius 1 is 0.938 bits per heavy atom. The summed E-state index contributed by atoms with van der Waals surface area (Å²) in [5, 5.41) is 5.56. The van der Waals surface area contributed by atoms with Gasteiger partial charge in [-0.15, -0.1) is 0 Å².